The van der Waals surface area contributed by atoms with Gasteiger partial charge in [-0.3, -0.25) is 0 Å². The lowest BCUT2D eigenvalue weighted by molar-refractivity contribution is 0.0438. The molecule has 0 amide bonds. The van der Waals surface area contributed by atoms with E-state index in [0.29, 0.717) is 5.71 Å². The van der Waals surface area contributed by atoms with Crippen molar-refractivity contribution in [1.82, 2.24) is 0 Å². The van der Waals surface area contributed by atoms with Crippen molar-refractivity contribution in [2.75, 3.05) is 0 Å². The van der Waals surface area contributed by atoms with Crippen LogP contribution in [0.4, 0.5) is 0 Å². The molecule has 1 atom stereocenters. The molecule has 18 heavy (non-hydrogen) atoms. The van der Waals surface area contributed by atoms with Gasteiger partial charge >= 0.3 is 0 Å². The molecule has 0 radical (unpaired) electrons. The van der Waals surface area contributed by atoms with E-state index in [4.69, 9.17) is 0 Å². The summed E-state index contributed by atoms with van der Waals surface area (Å²) in [6.45, 7) is 1.77. The number of hydrogen-bond acceptors (Lipinski definition) is 3. The smallest absolute Gasteiger partial charge is 0.118 e. The van der Waals surface area contributed by atoms with E-state index in [0.717, 1.165) is 31.2 Å². The normalized spacial score (nSPS) is 21.6. The quantitative estimate of drug-likeness (QED) is 0.489. The number of benzene rings is 1. The van der Waals surface area contributed by atoms with Crippen molar-refractivity contribution in [2.24, 2.45) is 11.1 Å². The fraction of sp³-hybridized carbons (Fsp3) is 0.533. The number of oxime groups is 1. The van der Waals surface area contributed by atoms with Gasteiger partial charge in [0.15, 0.2) is 0 Å². The Labute approximate surface area is 108 Å². The molecule has 1 unspecified atom stereocenters. The average Bonchev–Trinajstić information content (AvgIpc) is 2.41. The van der Waals surface area contributed by atoms with Crippen molar-refractivity contribution < 1.29 is 10.3 Å². The molecule has 2 rings (SSSR count). The van der Waals surface area contributed by atoms with Crippen LogP contribution in [0.2, 0.25) is 0 Å². The molecule has 3 nitrogen and oxygen atoms in total. The minimum Gasteiger partial charge on any atom is -0.411 e. The van der Waals surface area contributed by atoms with E-state index < -0.39 is 5.60 Å². The summed E-state index contributed by atoms with van der Waals surface area (Å²) >= 11 is 0. The SMILES string of the molecule is CC(O)(C(=NO)c1ccccc1)C1CCCCC1. The molecule has 1 aliphatic carbocycles. The lowest BCUT2D eigenvalue weighted by Crippen LogP contribution is -2.44. The van der Waals surface area contributed by atoms with Crippen molar-refractivity contribution >= 4 is 5.71 Å². The van der Waals surface area contributed by atoms with Crippen LogP contribution in [0.3, 0.4) is 0 Å². The molecule has 1 aromatic rings. The summed E-state index contributed by atoms with van der Waals surface area (Å²) < 4.78 is 0. The Hall–Kier alpha value is -1.35. The first kappa shape index (κ1) is 13.1. The summed E-state index contributed by atoms with van der Waals surface area (Å²) in [6.07, 6.45) is 5.53. The Balaban J connectivity index is 2.26. The first-order valence-electron chi connectivity index (χ1n) is 6.66. The summed E-state index contributed by atoms with van der Waals surface area (Å²) in [5.41, 5.74) is 0.113. The summed E-state index contributed by atoms with van der Waals surface area (Å²) in [6, 6.07) is 9.42. The van der Waals surface area contributed by atoms with Crippen molar-refractivity contribution in [1.29, 1.82) is 0 Å². The molecule has 1 fully saturated rings. The highest BCUT2D eigenvalue weighted by Gasteiger charge is 2.38. The van der Waals surface area contributed by atoms with E-state index in [1.165, 1.54) is 6.42 Å². The summed E-state index contributed by atoms with van der Waals surface area (Å²) in [4.78, 5) is 0. The average molecular weight is 247 g/mol. The molecule has 0 spiro atoms. The summed E-state index contributed by atoms with van der Waals surface area (Å²) in [5, 5.41) is 23.4. The van der Waals surface area contributed by atoms with Gasteiger partial charge in [-0.15, -0.1) is 0 Å². The molecule has 0 aliphatic heterocycles. The van der Waals surface area contributed by atoms with Gasteiger partial charge < -0.3 is 10.3 Å². The van der Waals surface area contributed by atoms with Crippen LogP contribution in [-0.2, 0) is 0 Å². The van der Waals surface area contributed by atoms with Crippen LogP contribution >= 0.6 is 0 Å². The van der Waals surface area contributed by atoms with E-state index in [9.17, 15) is 10.3 Å². The fourth-order valence-electron chi connectivity index (χ4n) is 2.91. The number of nitrogens with zero attached hydrogens (tertiary/aromatic N) is 1. The lowest BCUT2D eigenvalue weighted by Gasteiger charge is -2.36. The Bertz CT molecular complexity index is 406. The molecule has 0 heterocycles. The van der Waals surface area contributed by atoms with Crippen LogP contribution in [0.1, 0.15) is 44.6 Å². The predicted molar refractivity (Wildman–Crippen MR) is 72.0 cm³/mol. The van der Waals surface area contributed by atoms with Crippen LogP contribution in [0.15, 0.2) is 35.5 Å². The van der Waals surface area contributed by atoms with Gasteiger partial charge in [0.2, 0.25) is 0 Å². The maximum absolute atomic E-state index is 10.8. The van der Waals surface area contributed by atoms with Crippen LogP contribution in [0.5, 0.6) is 0 Å². The Morgan fingerprint density at radius 1 is 1.17 bits per heavy atom. The molecule has 2 N–H and O–H groups in total. The van der Waals surface area contributed by atoms with Gasteiger partial charge in [0.05, 0.1) is 0 Å². The second kappa shape index (κ2) is 5.53. The molecule has 1 aromatic carbocycles. The van der Waals surface area contributed by atoms with Gasteiger partial charge in [-0.2, -0.15) is 0 Å². The molecule has 0 aromatic heterocycles. The Morgan fingerprint density at radius 3 is 2.33 bits per heavy atom. The maximum atomic E-state index is 10.8. The minimum absolute atomic E-state index is 0.178. The van der Waals surface area contributed by atoms with Crippen LogP contribution < -0.4 is 0 Å². The largest absolute Gasteiger partial charge is 0.411 e. The van der Waals surface area contributed by atoms with Crippen LogP contribution in [0, 0.1) is 5.92 Å². The van der Waals surface area contributed by atoms with E-state index in [1.54, 1.807) is 6.92 Å². The number of rotatable bonds is 3. The fourth-order valence-corrected chi connectivity index (χ4v) is 2.91. The molecule has 3 heteroatoms. The first-order chi connectivity index (χ1) is 8.66. The lowest BCUT2D eigenvalue weighted by atomic mass is 9.74. The highest BCUT2D eigenvalue weighted by Crippen LogP contribution is 2.34. The molecule has 0 saturated heterocycles. The van der Waals surface area contributed by atoms with Crippen molar-refractivity contribution in [3.8, 4) is 0 Å². The molecule has 98 valence electrons. The first-order valence-corrected chi connectivity index (χ1v) is 6.66. The van der Waals surface area contributed by atoms with Gasteiger partial charge in [-0.25, -0.2) is 0 Å². The van der Waals surface area contributed by atoms with E-state index in [-0.39, 0.29) is 5.92 Å². The second-order valence-corrected chi connectivity index (χ2v) is 5.30. The van der Waals surface area contributed by atoms with Crippen molar-refractivity contribution in [3.63, 3.8) is 0 Å². The molecule has 1 saturated carbocycles. The third kappa shape index (κ3) is 2.56. The van der Waals surface area contributed by atoms with Crippen molar-refractivity contribution in [3.05, 3.63) is 35.9 Å². The van der Waals surface area contributed by atoms with Gasteiger partial charge in [0, 0.05) is 5.56 Å². The monoisotopic (exact) mass is 247 g/mol. The zero-order valence-electron chi connectivity index (χ0n) is 10.8. The van der Waals surface area contributed by atoms with Gasteiger partial charge in [-0.05, 0) is 25.7 Å². The van der Waals surface area contributed by atoms with E-state index >= 15 is 0 Å². The Kier molecular flexibility index (Phi) is 4.02. The highest BCUT2D eigenvalue weighted by molar-refractivity contribution is 6.06. The van der Waals surface area contributed by atoms with Crippen LogP contribution in [0.25, 0.3) is 0 Å². The summed E-state index contributed by atoms with van der Waals surface area (Å²) in [5.74, 6) is 0.178. The molecule has 0 bridgehead atoms. The van der Waals surface area contributed by atoms with E-state index in [2.05, 4.69) is 5.16 Å². The molecule has 1 aliphatic rings. The van der Waals surface area contributed by atoms with Gasteiger partial charge in [-0.1, -0.05) is 54.8 Å². The molecular weight excluding hydrogens is 226 g/mol. The third-order valence-electron chi connectivity index (χ3n) is 4.03. The highest BCUT2D eigenvalue weighted by atomic mass is 16.4. The zero-order valence-corrected chi connectivity index (χ0v) is 10.8. The standard InChI is InChI=1S/C15H21NO2/c1-15(17,13-10-6-3-7-11-13)14(16-18)12-8-4-2-5-9-12/h2,4-5,8-9,13,17-18H,3,6-7,10-11H2,1H3. The Morgan fingerprint density at radius 2 is 1.78 bits per heavy atom. The van der Waals surface area contributed by atoms with Crippen LogP contribution in [-0.4, -0.2) is 21.6 Å². The second-order valence-electron chi connectivity index (χ2n) is 5.30. The molecular formula is C15H21NO2. The maximum Gasteiger partial charge on any atom is 0.118 e. The summed E-state index contributed by atoms with van der Waals surface area (Å²) in [7, 11) is 0. The minimum atomic E-state index is -1.06. The zero-order chi connectivity index (χ0) is 13.0. The number of hydrogen-bond donors (Lipinski definition) is 2. The number of aliphatic hydroxyl groups is 1. The predicted octanol–water partition coefficient (Wildman–Crippen LogP) is 3.20. The third-order valence-corrected chi connectivity index (χ3v) is 4.03. The van der Waals surface area contributed by atoms with Gasteiger partial charge in [0.25, 0.3) is 0 Å². The van der Waals surface area contributed by atoms with Crippen molar-refractivity contribution in [2.45, 2.75) is 44.6 Å². The van der Waals surface area contributed by atoms with Gasteiger partial charge in [0.1, 0.15) is 11.3 Å². The topological polar surface area (TPSA) is 52.8 Å². The van der Waals surface area contributed by atoms with E-state index in [1.807, 2.05) is 30.3 Å².